The zero-order chi connectivity index (χ0) is 65.6. The molecule has 1 amide bonds. The molecule has 18 nitrogen and oxygen atoms in total. The smallest absolute Gasteiger partial charge is 0.328 e. The van der Waals surface area contributed by atoms with Gasteiger partial charge in [-0.2, -0.15) is 9.97 Å². The van der Waals surface area contributed by atoms with Crippen molar-refractivity contribution >= 4 is 46.8 Å². The van der Waals surface area contributed by atoms with Gasteiger partial charge in [0, 0.05) is 26.1 Å². The van der Waals surface area contributed by atoms with Gasteiger partial charge in [-0.1, -0.05) is 238 Å². The van der Waals surface area contributed by atoms with Crippen molar-refractivity contribution in [1.82, 2.24) is 29.3 Å². The average molecular weight is 1280 g/mol. The lowest BCUT2D eigenvalue weighted by Crippen LogP contribution is -2.34. The van der Waals surface area contributed by atoms with Gasteiger partial charge < -0.3 is 43.8 Å². The molecule has 0 aliphatic heterocycles. The third-order valence-corrected chi connectivity index (χ3v) is 17.0. The number of aromatic nitrogens is 4. The molecule has 2 heterocycles. The van der Waals surface area contributed by atoms with E-state index in [1.165, 1.54) is 147 Å². The number of H-pyrrole nitrogens is 1. The molecule has 0 fully saturated rings. The lowest BCUT2D eigenvalue weighted by atomic mass is 10.1. The van der Waals surface area contributed by atoms with Crippen molar-refractivity contribution in [2.24, 2.45) is 0 Å². The number of fused-ring (bicyclic) bond motifs is 1. The van der Waals surface area contributed by atoms with Crippen LogP contribution in [-0.2, 0) is 55.9 Å². The van der Waals surface area contributed by atoms with Crippen LogP contribution >= 0.6 is 0 Å². The number of ether oxygens (including phenoxy) is 5. The van der Waals surface area contributed by atoms with Gasteiger partial charge in [0.2, 0.25) is 5.91 Å². The van der Waals surface area contributed by atoms with E-state index >= 15 is 0 Å². The fourth-order valence-corrected chi connectivity index (χ4v) is 11.4. The number of hydrogen-bond donors (Lipinski definition) is 2. The normalized spacial score (nSPS) is 11.5. The van der Waals surface area contributed by atoms with Crippen LogP contribution in [0.1, 0.15) is 296 Å². The van der Waals surface area contributed by atoms with Crippen molar-refractivity contribution in [3.63, 3.8) is 0 Å². The van der Waals surface area contributed by atoms with Crippen molar-refractivity contribution in [3.8, 4) is 6.01 Å². The van der Waals surface area contributed by atoms with Crippen LogP contribution in [0.25, 0.3) is 11.2 Å². The Morgan fingerprint density at radius 1 is 0.462 bits per heavy atom. The molecule has 0 saturated heterocycles. The lowest BCUT2D eigenvalue weighted by molar-refractivity contribution is -0.145. The number of rotatable bonds is 61. The van der Waals surface area contributed by atoms with Gasteiger partial charge in [0.1, 0.15) is 5.52 Å². The Hall–Kier alpha value is -5.36. The predicted molar refractivity (Wildman–Crippen MR) is 367 cm³/mol. The van der Waals surface area contributed by atoms with Gasteiger partial charge in [0.15, 0.2) is 11.5 Å². The number of amides is 1. The maximum atomic E-state index is 13.7. The summed E-state index contributed by atoms with van der Waals surface area (Å²) in [7, 11) is 1.34. The summed E-state index contributed by atoms with van der Waals surface area (Å²) in [6.07, 6.45) is 41.9. The monoisotopic (exact) mass is 1280 g/mol. The van der Waals surface area contributed by atoms with Crippen LogP contribution in [0.15, 0.2) is 29.1 Å². The number of nitrogens with zero attached hydrogens (tertiary/aromatic N) is 5. The molecule has 0 atom stereocenters. The summed E-state index contributed by atoms with van der Waals surface area (Å²) in [6.45, 7) is 14.1. The van der Waals surface area contributed by atoms with Gasteiger partial charge in [-0.15, -0.1) is 0 Å². The van der Waals surface area contributed by atoms with Crippen LogP contribution in [0, 0.1) is 0 Å². The maximum absolute atomic E-state index is 13.7. The molecule has 3 rings (SSSR count). The fourth-order valence-electron chi connectivity index (χ4n) is 11.4. The van der Waals surface area contributed by atoms with Crippen molar-refractivity contribution in [1.29, 1.82) is 0 Å². The van der Waals surface area contributed by atoms with Crippen LogP contribution in [0.3, 0.4) is 0 Å². The Kier molecular flexibility index (Phi) is 47.5. The molecular weight excluding hydrogens is 1150 g/mol. The average Bonchev–Trinajstić information content (AvgIpc) is 1.66. The molecule has 0 aliphatic rings. The molecule has 0 radical (unpaired) electrons. The molecule has 2 N–H and O–H groups in total. The molecule has 0 saturated carbocycles. The van der Waals surface area contributed by atoms with Gasteiger partial charge in [-0.25, -0.2) is 4.79 Å². The molecule has 2 aromatic heterocycles. The first-order chi connectivity index (χ1) is 44.5. The van der Waals surface area contributed by atoms with Crippen LogP contribution in [-0.4, -0.2) is 132 Å². The van der Waals surface area contributed by atoms with E-state index in [0.29, 0.717) is 72.1 Å². The molecule has 1 aromatic carbocycles. The zero-order valence-electron chi connectivity index (χ0n) is 57.8. The van der Waals surface area contributed by atoms with Crippen LogP contribution in [0.4, 0.5) is 5.82 Å². The Morgan fingerprint density at radius 3 is 1.34 bits per heavy atom. The number of aromatic amines is 1. The first kappa shape index (κ1) is 79.9. The van der Waals surface area contributed by atoms with E-state index in [-0.39, 0.29) is 91.4 Å². The van der Waals surface area contributed by atoms with Crippen molar-refractivity contribution < 1.29 is 47.7 Å². The third kappa shape index (κ3) is 40.4. The van der Waals surface area contributed by atoms with Gasteiger partial charge in [-0.05, 0) is 75.7 Å². The second-order valence-electron chi connectivity index (χ2n) is 25.2. The Balaban J connectivity index is 1.63. The van der Waals surface area contributed by atoms with E-state index < -0.39 is 5.69 Å². The van der Waals surface area contributed by atoms with Gasteiger partial charge in [-0.3, -0.25) is 28.5 Å². The number of anilines is 1. The van der Waals surface area contributed by atoms with Crippen LogP contribution in [0.5, 0.6) is 6.01 Å². The quantitative estimate of drug-likeness (QED) is 0.0305. The van der Waals surface area contributed by atoms with E-state index in [9.17, 15) is 28.8 Å². The number of carbonyl (C=O) groups is 5. The maximum Gasteiger partial charge on any atom is 0.328 e. The minimum absolute atomic E-state index is 0.0453. The highest BCUT2D eigenvalue weighted by molar-refractivity contribution is 5.97. The summed E-state index contributed by atoms with van der Waals surface area (Å²) in [5, 5.41) is 2.93. The number of nitrogens with one attached hydrogen (secondary N) is 2. The molecule has 0 aliphatic carbocycles. The van der Waals surface area contributed by atoms with E-state index in [1.54, 1.807) is 0 Å². The molecule has 0 spiro atoms. The fraction of sp³-hybridized carbons (Fsp3) is 0.781. The lowest BCUT2D eigenvalue weighted by Gasteiger charge is -2.25. The standard InChI is InChI=1S/C73H125N7O11/c1-6-10-14-17-20-23-26-29-32-38-56-88-65(82)46-52-78(49-37-35-36-45-64(81)74-70-69-71(77-72(76-70)91-55-13-9-4)80(73(86)75-69)61-63-44-41-43-62(59-63)60-68(85)87-5)50-42-51-79(53-47-66(83)89-57-39-33-30-27-24-21-18-15-11-7-2)54-48-67(84)90-58-40-34-31-28-25-22-19-16-12-8-3/h41,43-44,59H,6-40,42,45-58,60-61H2,1-5H3,(H,75,86)(H,74,76,77,81). The molecule has 518 valence electrons. The summed E-state index contributed by atoms with van der Waals surface area (Å²) >= 11 is 0. The van der Waals surface area contributed by atoms with Crippen LogP contribution < -0.4 is 15.7 Å². The highest BCUT2D eigenvalue weighted by Crippen LogP contribution is 2.23. The molecule has 18 heteroatoms. The number of imidazole rings is 1. The summed E-state index contributed by atoms with van der Waals surface area (Å²) < 4.78 is 29.4. The molecular formula is C73H125N7O11. The number of hydrogen-bond acceptors (Lipinski definition) is 15. The Labute approximate surface area is 548 Å². The van der Waals surface area contributed by atoms with E-state index in [0.717, 1.165) is 101 Å². The van der Waals surface area contributed by atoms with E-state index in [1.807, 2.05) is 31.2 Å². The second kappa shape index (κ2) is 54.1. The minimum atomic E-state index is -0.437. The van der Waals surface area contributed by atoms with Gasteiger partial charge in [0.05, 0.1) is 65.8 Å². The van der Waals surface area contributed by atoms with Gasteiger partial charge in [0.25, 0.3) is 0 Å². The number of carbonyl (C=O) groups excluding carboxylic acids is 5. The van der Waals surface area contributed by atoms with Crippen molar-refractivity contribution in [3.05, 3.63) is 45.9 Å². The Bertz CT molecular complexity index is 2390. The zero-order valence-corrected chi connectivity index (χ0v) is 57.8. The molecule has 91 heavy (non-hydrogen) atoms. The highest BCUT2D eigenvalue weighted by atomic mass is 16.5. The third-order valence-electron chi connectivity index (χ3n) is 17.0. The largest absolute Gasteiger partial charge is 0.469 e. The number of methoxy groups -OCH3 is 1. The first-order valence-electron chi connectivity index (χ1n) is 36.5. The molecule has 0 bridgehead atoms. The topological polar surface area (TPSA) is 214 Å². The first-order valence-corrected chi connectivity index (χ1v) is 36.5. The highest BCUT2D eigenvalue weighted by Gasteiger charge is 2.20. The van der Waals surface area contributed by atoms with Crippen LogP contribution in [0.2, 0.25) is 0 Å². The number of benzene rings is 1. The molecule has 0 unspecified atom stereocenters. The molecule has 3 aromatic rings. The minimum Gasteiger partial charge on any atom is -0.469 e. The number of unbranched alkanes of at least 4 members (excludes halogenated alkanes) is 30. The van der Waals surface area contributed by atoms with Crippen molar-refractivity contribution in [2.45, 2.75) is 297 Å². The predicted octanol–water partition coefficient (Wildman–Crippen LogP) is 16.1. The van der Waals surface area contributed by atoms with E-state index in [2.05, 4.69) is 50.8 Å². The second-order valence-corrected chi connectivity index (χ2v) is 25.2. The summed E-state index contributed by atoms with van der Waals surface area (Å²) in [5.74, 6) is -1.12. The summed E-state index contributed by atoms with van der Waals surface area (Å²) in [4.78, 5) is 94.9. The van der Waals surface area contributed by atoms with Crippen molar-refractivity contribution in [2.75, 3.05) is 78.1 Å². The van der Waals surface area contributed by atoms with Gasteiger partial charge >= 0.3 is 35.6 Å². The summed E-state index contributed by atoms with van der Waals surface area (Å²) in [5.41, 5.74) is 1.64. The van der Waals surface area contributed by atoms with E-state index in [4.69, 9.17) is 23.7 Å². The SMILES string of the molecule is CCCCCCCCCCCCOC(=O)CCN(CCCCCC(=O)Nc1nc(OCCCC)nc2c1[nH]c(=O)n2Cc1cccc(CC(=O)OC)c1)CCCN(CCC(=O)OCCCCCCCCCCCC)CCC(=O)OCCCCCCCCCCCC. The Morgan fingerprint density at radius 2 is 0.879 bits per heavy atom. The number of esters is 4. The summed E-state index contributed by atoms with van der Waals surface area (Å²) in [6, 6.07) is 7.40.